The fraction of sp³-hybridized carbons (Fsp3) is 0.938. The quantitative estimate of drug-likeness (QED) is 0.0570. The van der Waals surface area contributed by atoms with Gasteiger partial charge in [-0.05, 0) is 44.7 Å². The molecule has 0 rings (SSSR count). The average Bonchev–Trinajstić information content (AvgIpc) is 2.94. The van der Waals surface area contributed by atoms with E-state index in [0.717, 1.165) is 77.3 Å². The molecule has 5 nitrogen and oxygen atoms in total. The Balaban J connectivity index is 4.09. The lowest BCUT2D eigenvalue weighted by Crippen LogP contribution is -2.37. The molecule has 0 radical (unpaired) electrons. The van der Waals surface area contributed by atoms with Crippen LogP contribution in [0.1, 0.15) is 148 Å². The molecular weight excluding hydrogens is 572 g/mol. The third-order valence-electron chi connectivity index (χ3n) is 7.84. The van der Waals surface area contributed by atoms with Gasteiger partial charge in [-0.25, -0.2) is 0 Å². The largest absolute Gasteiger partial charge is 0.471 e. The smallest absolute Gasteiger partial charge is 0.348 e. The van der Waals surface area contributed by atoms with Gasteiger partial charge in [0.25, 0.3) is 0 Å². The summed E-state index contributed by atoms with van der Waals surface area (Å²) in [7, 11) is 0. The van der Waals surface area contributed by atoms with E-state index in [1.165, 1.54) is 64.2 Å². The maximum atomic E-state index is 12.2. The second-order valence-corrected chi connectivity index (χ2v) is 11.9. The molecule has 0 aromatic carbocycles. The third-order valence-corrected chi connectivity index (χ3v) is 7.84. The molecular formula is C32H59F6N3O2. The fourth-order valence-corrected chi connectivity index (χ4v) is 5.23. The Morgan fingerprint density at radius 1 is 0.465 bits per heavy atom. The molecule has 43 heavy (non-hydrogen) atoms. The number of halogens is 6. The van der Waals surface area contributed by atoms with Crippen molar-refractivity contribution in [3.05, 3.63) is 0 Å². The lowest BCUT2D eigenvalue weighted by atomic mass is 9.89. The second-order valence-electron chi connectivity index (χ2n) is 11.9. The van der Waals surface area contributed by atoms with Gasteiger partial charge in [0.05, 0.1) is 0 Å². The highest BCUT2D eigenvalue weighted by Crippen LogP contribution is 2.24. The fourth-order valence-electron chi connectivity index (χ4n) is 5.23. The predicted molar refractivity (Wildman–Crippen MR) is 162 cm³/mol. The summed E-state index contributed by atoms with van der Waals surface area (Å²) in [5.74, 6) is -3.22. The van der Waals surface area contributed by atoms with E-state index in [1.807, 2.05) is 10.6 Å². The van der Waals surface area contributed by atoms with Crippen LogP contribution in [0.4, 0.5) is 26.3 Å². The van der Waals surface area contributed by atoms with Gasteiger partial charge in [0.1, 0.15) is 0 Å². The predicted octanol–water partition coefficient (Wildman–Crippen LogP) is 9.15. The zero-order valence-electron chi connectivity index (χ0n) is 26.5. The molecule has 0 atom stereocenters. The van der Waals surface area contributed by atoms with Gasteiger partial charge in [-0.15, -0.1) is 0 Å². The van der Waals surface area contributed by atoms with E-state index in [2.05, 4.69) is 12.2 Å². The van der Waals surface area contributed by atoms with Gasteiger partial charge in [-0.1, -0.05) is 122 Å². The van der Waals surface area contributed by atoms with Crippen LogP contribution in [-0.4, -0.2) is 50.3 Å². The Labute approximate surface area is 256 Å². The van der Waals surface area contributed by atoms with Crippen molar-refractivity contribution < 1.29 is 35.9 Å². The van der Waals surface area contributed by atoms with Gasteiger partial charge in [0.15, 0.2) is 0 Å². The Morgan fingerprint density at radius 2 is 0.767 bits per heavy atom. The number of rotatable bonds is 29. The summed E-state index contributed by atoms with van der Waals surface area (Å²) in [6.07, 6.45) is 13.9. The minimum Gasteiger partial charge on any atom is -0.348 e. The summed E-state index contributed by atoms with van der Waals surface area (Å²) in [5.41, 5.74) is 0. The number of nitrogens with one attached hydrogen (secondary N) is 3. The molecule has 256 valence electrons. The van der Waals surface area contributed by atoms with Crippen molar-refractivity contribution in [3.63, 3.8) is 0 Å². The molecule has 0 spiro atoms. The molecule has 2 amide bonds. The van der Waals surface area contributed by atoms with E-state index in [1.54, 1.807) is 0 Å². The molecule has 0 aliphatic heterocycles. The number of amides is 2. The van der Waals surface area contributed by atoms with E-state index >= 15 is 0 Å². The number of alkyl halides is 6. The third kappa shape index (κ3) is 27.7. The van der Waals surface area contributed by atoms with Crippen LogP contribution < -0.4 is 16.0 Å². The summed E-state index contributed by atoms with van der Waals surface area (Å²) in [5, 5.41) is 7.37. The van der Waals surface area contributed by atoms with Crippen LogP contribution in [0.15, 0.2) is 0 Å². The van der Waals surface area contributed by atoms with Gasteiger partial charge in [-0.2, -0.15) is 26.3 Å². The zero-order valence-corrected chi connectivity index (χ0v) is 26.5. The highest BCUT2D eigenvalue weighted by Gasteiger charge is 2.38. The molecule has 0 aliphatic carbocycles. The van der Waals surface area contributed by atoms with Gasteiger partial charge in [-0.3, -0.25) is 9.59 Å². The van der Waals surface area contributed by atoms with Gasteiger partial charge < -0.3 is 16.0 Å². The SMILES string of the molecule is CCCCCCCCCNCCCCCCC(CCCCCCNC(=O)C(F)(F)F)CCCCCCNC(=O)C(F)(F)F. The maximum Gasteiger partial charge on any atom is 0.471 e. The van der Waals surface area contributed by atoms with Crippen LogP contribution in [0.25, 0.3) is 0 Å². The van der Waals surface area contributed by atoms with E-state index < -0.39 is 24.2 Å². The lowest BCUT2D eigenvalue weighted by Gasteiger charge is -2.17. The van der Waals surface area contributed by atoms with Crippen LogP contribution in [0, 0.1) is 5.92 Å². The molecule has 3 N–H and O–H groups in total. The molecule has 0 unspecified atom stereocenters. The number of unbranched alkanes of at least 4 members (excludes halogenated alkanes) is 15. The molecule has 0 saturated carbocycles. The molecule has 11 heteroatoms. The first kappa shape index (κ1) is 41.5. The summed E-state index contributed by atoms with van der Waals surface area (Å²) in [6, 6.07) is 0. The van der Waals surface area contributed by atoms with Crippen molar-refractivity contribution >= 4 is 11.8 Å². The summed E-state index contributed by atoms with van der Waals surface area (Å²) in [4.78, 5) is 21.7. The van der Waals surface area contributed by atoms with Crippen molar-refractivity contribution in [2.75, 3.05) is 26.2 Å². The average molecular weight is 632 g/mol. The first-order valence-electron chi connectivity index (χ1n) is 16.9. The Hall–Kier alpha value is -1.52. The minimum atomic E-state index is -4.84. The highest BCUT2D eigenvalue weighted by molar-refractivity contribution is 5.81. The highest BCUT2D eigenvalue weighted by atomic mass is 19.4. The zero-order chi connectivity index (χ0) is 32.2. The van der Waals surface area contributed by atoms with Crippen LogP contribution >= 0.6 is 0 Å². The van der Waals surface area contributed by atoms with Crippen molar-refractivity contribution in [2.45, 2.75) is 161 Å². The number of carbonyl (C=O) groups is 2. The Morgan fingerprint density at radius 3 is 1.12 bits per heavy atom. The topological polar surface area (TPSA) is 70.2 Å². The summed E-state index contributed by atoms with van der Waals surface area (Å²) < 4.78 is 73.5. The van der Waals surface area contributed by atoms with Crippen LogP contribution in [-0.2, 0) is 9.59 Å². The van der Waals surface area contributed by atoms with E-state index in [0.29, 0.717) is 18.8 Å². The normalized spacial score (nSPS) is 12.2. The van der Waals surface area contributed by atoms with Crippen LogP contribution in [0.5, 0.6) is 0 Å². The first-order chi connectivity index (χ1) is 20.5. The molecule has 0 heterocycles. The lowest BCUT2D eigenvalue weighted by molar-refractivity contribution is -0.173. The molecule has 0 aromatic rings. The molecule has 0 bridgehead atoms. The van der Waals surface area contributed by atoms with Crippen molar-refractivity contribution in [1.82, 2.24) is 16.0 Å². The summed E-state index contributed by atoms with van der Waals surface area (Å²) in [6.45, 7) is 4.45. The Bertz CT molecular complexity index is 634. The Kier molecular flexibility index (Phi) is 25.9. The monoisotopic (exact) mass is 631 g/mol. The van der Waals surface area contributed by atoms with Gasteiger partial charge >= 0.3 is 24.2 Å². The van der Waals surface area contributed by atoms with Gasteiger partial charge in [0.2, 0.25) is 0 Å². The first-order valence-corrected chi connectivity index (χ1v) is 16.9. The number of hydrogen-bond donors (Lipinski definition) is 3. The van der Waals surface area contributed by atoms with Gasteiger partial charge in [0, 0.05) is 13.1 Å². The van der Waals surface area contributed by atoms with Crippen molar-refractivity contribution in [2.24, 2.45) is 5.92 Å². The molecule has 0 saturated heterocycles. The van der Waals surface area contributed by atoms with Crippen molar-refractivity contribution in [1.29, 1.82) is 0 Å². The number of hydrogen-bond acceptors (Lipinski definition) is 3. The molecule has 0 fully saturated rings. The second kappa shape index (κ2) is 26.8. The standard InChI is InChI=1S/C32H59F6N3O2/c1-2-3-4-5-6-10-17-24-39-25-18-11-7-14-21-28(22-15-8-12-19-26-40-29(42)31(33,34)35)23-16-9-13-20-27-41-30(43)32(36,37)38/h28,39H,2-27H2,1H3,(H,40,42)(H,41,43). The van der Waals surface area contributed by atoms with E-state index in [9.17, 15) is 35.9 Å². The maximum absolute atomic E-state index is 12.2. The molecule has 0 aliphatic rings. The molecule has 0 aromatic heterocycles. The minimum absolute atomic E-state index is 0.0269. The summed E-state index contributed by atoms with van der Waals surface area (Å²) >= 11 is 0. The van der Waals surface area contributed by atoms with E-state index in [4.69, 9.17) is 0 Å². The number of carbonyl (C=O) groups excluding carboxylic acids is 2. The van der Waals surface area contributed by atoms with Crippen LogP contribution in [0.3, 0.4) is 0 Å². The van der Waals surface area contributed by atoms with E-state index in [-0.39, 0.29) is 13.1 Å². The van der Waals surface area contributed by atoms with Crippen molar-refractivity contribution in [3.8, 4) is 0 Å². The van der Waals surface area contributed by atoms with Crippen LogP contribution in [0.2, 0.25) is 0 Å².